The van der Waals surface area contributed by atoms with Crippen LogP contribution in [0.3, 0.4) is 0 Å². The topological polar surface area (TPSA) is 131 Å². The predicted octanol–water partition coefficient (Wildman–Crippen LogP) is 2.26. The summed E-state index contributed by atoms with van der Waals surface area (Å²) in [5.41, 5.74) is -1.00. The second-order valence-electron chi connectivity index (χ2n) is 5.55. The molecule has 3 aromatic rings. The monoisotopic (exact) mass is 400 g/mol. The largest absolute Gasteiger partial charge is 0.872 e. The summed E-state index contributed by atoms with van der Waals surface area (Å²) in [7, 11) is 0. The van der Waals surface area contributed by atoms with Crippen molar-refractivity contribution in [2.24, 2.45) is 4.99 Å². The number of aromatic carboxylic acids is 1. The molecule has 0 amide bonds. The van der Waals surface area contributed by atoms with Crippen LogP contribution in [0.15, 0.2) is 52.3 Å². The van der Waals surface area contributed by atoms with Crippen LogP contribution in [0.5, 0.6) is 11.6 Å². The third kappa shape index (κ3) is 3.67. The van der Waals surface area contributed by atoms with Gasteiger partial charge in [-0.05, 0) is 54.7 Å². The number of carbonyl (C=O) groups is 1. The van der Waals surface area contributed by atoms with Gasteiger partial charge in [0.15, 0.2) is 4.77 Å². The van der Waals surface area contributed by atoms with E-state index in [0.29, 0.717) is 5.69 Å². The summed E-state index contributed by atoms with van der Waals surface area (Å²) in [6.07, 6.45) is 1.01. The summed E-state index contributed by atoms with van der Waals surface area (Å²) in [6, 6.07) is 8.40. The SMILES string of the molecule is O=C(O)c1ccc(N=Cc2c(O)n(-c3ccc(F)cc3)c(=S)[nH]c2=O)cc1[O-]. The Hall–Kier alpha value is -3.79. The number of aromatic hydroxyl groups is 1. The van der Waals surface area contributed by atoms with E-state index >= 15 is 0 Å². The average Bonchev–Trinajstić information content (AvgIpc) is 2.62. The van der Waals surface area contributed by atoms with E-state index in [1.54, 1.807) is 0 Å². The van der Waals surface area contributed by atoms with Crippen LogP contribution in [0.1, 0.15) is 15.9 Å². The van der Waals surface area contributed by atoms with Crippen LogP contribution >= 0.6 is 12.2 Å². The summed E-state index contributed by atoms with van der Waals surface area (Å²) in [5.74, 6) is -3.13. The number of hydrogen-bond donors (Lipinski definition) is 3. The van der Waals surface area contributed by atoms with Gasteiger partial charge < -0.3 is 15.3 Å². The van der Waals surface area contributed by atoms with Crippen LogP contribution in [-0.2, 0) is 0 Å². The van der Waals surface area contributed by atoms with Crippen LogP contribution in [0.2, 0.25) is 0 Å². The standard InChI is InChI=1S/C18H12FN3O5S/c19-9-1-4-11(5-2-9)22-16(25)13(15(24)21-18(22)28)8-20-10-3-6-12(17(26)27)14(23)7-10/h1-8,23,25H,(H,26,27)(H,21,24,28)/p-1. The molecule has 0 aliphatic rings. The summed E-state index contributed by atoms with van der Waals surface area (Å²) >= 11 is 5.05. The van der Waals surface area contributed by atoms with E-state index in [2.05, 4.69) is 9.98 Å². The molecule has 0 saturated heterocycles. The molecule has 28 heavy (non-hydrogen) atoms. The normalized spacial score (nSPS) is 11.0. The van der Waals surface area contributed by atoms with Gasteiger partial charge in [0.05, 0.1) is 16.9 Å². The molecular weight excluding hydrogens is 389 g/mol. The average molecular weight is 400 g/mol. The molecule has 0 radical (unpaired) electrons. The van der Waals surface area contributed by atoms with E-state index in [-0.39, 0.29) is 16.0 Å². The number of carboxylic acids is 1. The molecule has 1 aromatic heterocycles. The minimum absolute atomic E-state index is 0.0876. The van der Waals surface area contributed by atoms with Gasteiger partial charge in [0.1, 0.15) is 11.4 Å². The Morgan fingerprint density at radius 2 is 1.93 bits per heavy atom. The molecule has 8 nitrogen and oxygen atoms in total. The highest BCUT2D eigenvalue weighted by Gasteiger charge is 2.13. The number of carboxylic acid groups (broad SMARTS) is 1. The summed E-state index contributed by atoms with van der Waals surface area (Å²) in [5, 5.41) is 31.1. The lowest BCUT2D eigenvalue weighted by Gasteiger charge is -2.11. The number of nitrogens with one attached hydrogen (secondary N) is 1. The van der Waals surface area contributed by atoms with Crippen molar-refractivity contribution < 1.29 is 24.5 Å². The van der Waals surface area contributed by atoms with Crippen molar-refractivity contribution in [3.05, 3.63) is 74.5 Å². The van der Waals surface area contributed by atoms with Crippen LogP contribution in [0.4, 0.5) is 10.1 Å². The van der Waals surface area contributed by atoms with Crippen LogP contribution in [0, 0.1) is 10.6 Å². The van der Waals surface area contributed by atoms with Crippen molar-refractivity contribution in [2.45, 2.75) is 0 Å². The summed E-state index contributed by atoms with van der Waals surface area (Å²) < 4.78 is 14.1. The maximum Gasteiger partial charge on any atom is 0.335 e. The maximum atomic E-state index is 13.1. The van der Waals surface area contributed by atoms with Gasteiger partial charge in [0, 0.05) is 6.21 Å². The number of rotatable bonds is 4. The Kier molecular flexibility index (Phi) is 5.05. The first-order valence-corrected chi connectivity index (χ1v) is 8.11. The Bertz CT molecular complexity index is 1220. The number of halogens is 1. The molecule has 2 aromatic carbocycles. The number of benzene rings is 2. The fourth-order valence-electron chi connectivity index (χ4n) is 2.39. The van der Waals surface area contributed by atoms with E-state index in [4.69, 9.17) is 17.3 Å². The van der Waals surface area contributed by atoms with Gasteiger partial charge in [0.2, 0.25) is 5.88 Å². The van der Waals surface area contributed by atoms with Gasteiger partial charge in [-0.3, -0.25) is 19.3 Å². The first kappa shape index (κ1) is 19.0. The van der Waals surface area contributed by atoms with Gasteiger partial charge in [-0.2, -0.15) is 0 Å². The zero-order valence-corrected chi connectivity index (χ0v) is 14.7. The molecule has 142 valence electrons. The van der Waals surface area contributed by atoms with Crippen LogP contribution < -0.4 is 10.7 Å². The summed E-state index contributed by atoms with van der Waals surface area (Å²) in [6.45, 7) is 0. The molecule has 0 saturated carbocycles. The lowest BCUT2D eigenvalue weighted by molar-refractivity contribution is -0.268. The number of aliphatic imine (C=N–C) groups is 1. The molecule has 0 fully saturated rings. The number of nitrogens with zero attached hydrogens (tertiary/aromatic N) is 2. The second-order valence-corrected chi connectivity index (χ2v) is 5.94. The van der Waals surface area contributed by atoms with Crippen molar-refractivity contribution in [3.8, 4) is 17.3 Å². The third-order valence-corrected chi connectivity index (χ3v) is 4.03. The molecule has 0 atom stereocenters. The van der Waals surface area contributed by atoms with Crippen molar-refractivity contribution >= 4 is 30.1 Å². The van der Waals surface area contributed by atoms with E-state index in [1.807, 2.05) is 0 Å². The fraction of sp³-hybridized carbons (Fsp3) is 0. The Morgan fingerprint density at radius 1 is 1.25 bits per heavy atom. The number of hydrogen-bond acceptors (Lipinski definition) is 6. The van der Waals surface area contributed by atoms with Gasteiger partial charge in [-0.15, -0.1) is 0 Å². The predicted molar refractivity (Wildman–Crippen MR) is 98.9 cm³/mol. The zero-order chi connectivity index (χ0) is 20.4. The first-order chi connectivity index (χ1) is 13.3. The molecular formula is C18H11FN3O5S-. The molecule has 1 heterocycles. The third-order valence-electron chi connectivity index (χ3n) is 3.74. The van der Waals surface area contributed by atoms with Crippen molar-refractivity contribution in [1.29, 1.82) is 0 Å². The van der Waals surface area contributed by atoms with Crippen molar-refractivity contribution in [3.63, 3.8) is 0 Å². The van der Waals surface area contributed by atoms with Crippen molar-refractivity contribution in [2.75, 3.05) is 0 Å². The number of aromatic amines is 1. The molecule has 0 bridgehead atoms. The second kappa shape index (κ2) is 7.45. The molecule has 3 rings (SSSR count). The van der Waals surface area contributed by atoms with Gasteiger partial charge in [-0.1, -0.05) is 5.75 Å². The van der Waals surface area contributed by atoms with E-state index in [0.717, 1.165) is 35.0 Å². The van der Waals surface area contributed by atoms with E-state index in [1.165, 1.54) is 18.2 Å². The van der Waals surface area contributed by atoms with E-state index in [9.17, 15) is 24.2 Å². The Labute approximate surface area is 161 Å². The molecule has 0 aliphatic heterocycles. The highest BCUT2D eigenvalue weighted by atomic mass is 32.1. The number of aromatic nitrogens is 2. The zero-order valence-electron chi connectivity index (χ0n) is 13.9. The van der Waals surface area contributed by atoms with Gasteiger partial charge >= 0.3 is 5.97 Å². The smallest absolute Gasteiger partial charge is 0.335 e. The van der Waals surface area contributed by atoms with Crippen molar-refractivity contribution in [1.82, 2.24) is 9.55 Å². The lowest BCUT2D eigenvalue weighted by atomic mass is 10.2. The molecule has 0 aliphatic carbocycles. The highest BCUT2D eigenvalue weighted by Crippen LogP contribution is 2.23. The van der Waals surface area contributed by atoms with E-state index < -0.39 is 34.5 Å². The van der Waals surface area contributed by atoms with Gasteiger partial charge in [0.25, 0.3) is 5.56 Å². The molecule has 0 unspecified atom stereocenters. The molecule has 3 N–H and O–H groups in total. The Balaban J connectivity index is 2.06. The molecule has 0 spiro atoms. The molecule has 10 heteroatoms. The minimum Gasteiger partial charge on any atom is -0.872 e. The highest BCUT2D eigenvalue weighted by molar-refractivity contribution is 7.71. The fourth-order valence-corrected chi connectivity index (χ4v) is 2.68. The summed E-state index contributed by atoms with van der Waals surface area (Å²) in [4.78, 5) is 29.3. The van der Waals surface area contributed by atoms with Crippen LogP contribution in [0.25, 0.3) is 5.69 Å². The maximum absolute atomic E-state index is 13.1. The lowest BCUT2D eigenvalue weighted by Crippen LogP contribution is -2.18. The first-order valence-electron chi connectivity index (χ1n) is 7.70. The minimum atomic E-state index is -1.36. The van der Waals surface area contributed by atoms with Crippen LogP contribution in [-0.4, -0.2) is 31.9 Å². The van der Waals surface area contributed by atoms with Gasteiger partial charge in [-0.25, -0.2) is 9.18 Å². The quantitative estimate of drug-likeness (QED) is 0.455. The Morgan fingerprint density at radius 3 is 2.54 bits per heavy atom. The number of H-pyrrole nitrogens is 1.